The number of hydroxylamine groups is 1. The van der Waals surface area contributed by atoms with E-state index in [0.29, 0.717) is 23.4 Å². The molecule has 1 atom stereocenters. The molecule has 1 aliphatic heterocycles. The number of hydrogen-bond acceptors (Lipinski definition) is 7. The van der Waals surface area contributed by atoms with Gasteiger partial charge in [-0.15, -0.1) is 5.92 Å². The smallest absolute Gasteiger partial charge is 0.263 e. The van der Waals surface area contributed by atoms with Gasteiger partial charge in [0.05, 0.1) is 17.0 Å². The summed E-state index contributed by atoms with van der Waals surface area (Å²) in [6.45, 7) is 1.54. The summed E-state index contributed by atoms with van der Waals surface area (Å²) in [6, 6.07) is 14.3. The molecule has 2 aromatic carbocycles. The summed E-state index contributed by atoms with van der Waals surface area (Å²) in [6.07, 6.45) is 3.62. The minimum absolute atomic E-state index is 0.0789. The quantitative estimate of drug-likeness (QED) is 0.283. The minimum Gasteiger partial charge on any atom is -0.481 e. The number of hydrogen-bond donors (Lipinski definition) is 2. The molecule has 3 aromatic rings. The van der Waals surface area contributed by atoms with Crippen LogP contribution >= 0.6 is 0 Å². The lowest BCUT2D eigenvalue weighted by atomic mass is 10.1. The Morgan fingerprint density at radius 3 is 2.55 bits per heavy atom. The topological polar surface area (TPSA) is 129 Å². The first-order valence-electron chi connectivity index (χ1n) is 11.8. The van der Waals surface area contributed by atoms with Crippen LogP contribution in [0.25, 0.3) is 0 Å². The zero-order valence-corrected chi connectivity index (χ0v) is 21.4. The fourth-order valence-electron chi connectivity index (χ4n) is 4.07. The lowest BCUT2D eigenvalue weighted by Gasteiger charge is -2.29. The molecule has 10 nitrogen and oxygen atoms in total. The average molecular weight is 535 g/mol. The Bertz CT molecular complexity index is 1470. The van der Waals surface area contributed by atoms with Crippen molar-refractivity contribution in [3.05, 3.63) is 84.2 Å². The van der Waals surface area contributed by atoms with Crippen LogP contribution in [-0.4, -0.2) is 53.9 Å². The second-order valence-electron chi connectivity index (χ2n) is 8.30. The predicted molar refractivity (Wildman–Crippen MR) is 139 cm³/mol. The minimum atomic E-state index is -4.26. The highest BCUT2D eigenvalue weighted by Crippen LogP contribution is 2.32. The van der Waals surface area contributed by atoms with Crippen LogP contribution < -0.4 is 15.1 Å². The zero-order chi connectivity index (χ0) is 27.1. The number of benzene rings is 2. The number of pyridine rings is 1. The molecular weight excluding hydrogens is 508 g/mol. The highest BCUT2D eigenvalue weighted by atomic mass is 32.2. The number of rotatable bonds is 6. The van der Waals surface area contributed by atoms with Crippen molar-refractivity contribution in [2.45, 2.75) is 30.8 Å². The molecule has 196 valence electrons. The summed E-state index contributed by atoms with van der Waals surface area (Å²) in [5.41, 5.74) is 2.78. The highest BCUT2D eigenvalue weighted by molar-refractivity contribution is 7.89. The zero-order valence-electron chi connectivity index (χ0n) is 20.6. The average Bonchev–Trinajstić information content (AvgIpc) is 3.13. The molecule has 38 heavy (non-hydrogen) atoms. The lowest BCUT2D eigenvalue weighted by Crippen LogP contribution is -2.53. The van der Waals surface area contributed by atoms with Gasteiger partial charge in [-0.2, -0.15) is 4.31 Å². The van der Waals surface area contributed by atoms with Gasteiger partial charge in [-0.25, -0.2) is 13.9 Å². The molecule has 0 radical (unpaired) electrons. The van der Waals surface area contributed by atoms with E-state index in [9.17, 15) is 23.2 Å². The second-order valence-corrected chi connectivity index (χ2v) is 10.2. The molecule has 0 aliphatic carbocycles. The van der Waals surface area contributed by atoms with Crippen molar-refractivity contribution in [2.75, 3.05) is 18.1 Å². The number of amides is 2. The van der Waals surface area contributed by atoms with E-state index in [4.69, 9.17) is 4.74 Å². The number of nitrogens with zero attached hydrogens (tertiary/aromatic N) is 3. The number of ether oxygens (including phenoxy) is 1. The van der Waals surface area contributed by atoms with Crippen molar-refractivity contribution in [2.24, 2.45) is 0 Å². The standard InChI is InChI=1S/C27H26N4O6S/c1-2-3-6-16-37-22-11-13-23(14-12-22)38(35,36)31-18-21-8-4-5-10-24(21)30(19-25(31)26(32)29-34)27(33)20-9-7-15-28-17-20/h4-5,7-15,17,25,34H,2,16,18-19H2,1H3,(H,29,32). The van der Waals surface area contributed by atoms with E-state index in [2.05, 4.69) is 16.8 Å². The lowest BCUT2D eigenvalue weighted by molar-refractivity contribution is -0.133. The van der Waals surface area contributed by atoms with E-state index in [1.165, 1.54) is 41.6 Å². The first kappa shape index (κ1) is 26.8. The second kappa shape index (κ2) is 11.9. The van der Waals surface area contributed by atoms with Crippen LogP contribution in [0.1, 0.15) is 29.3 Å². The Labute approximate surface area is 220 Å². The van der Waals surface area contributed by atoms with Gasteiger partial charge in [-0.3, -0.25) is 19.8 Å². The van der Waals surface area contributed by atoms with Gasteiger partial charge in [0.1, 0.15) is 18.4 Å². The SMILES string of the molecule is CCC#CCOc1ccc(S(=O)(=O)N2Cc3ccccc3N(C(=O)c3cccnc3)CC2C(=O)NO)cc1. The molecule has 0 saturated carbocycles. The molecule has 1 aliphatic rings. The number of sulfonamides is 1. The third kappa shape index (κ3) is 5.68. The maximum Gasteiger partial charge on any atom is 0.263 e. The van der Waals surface area contributed by atoms with Crippen molar-refractivity contribution in [3.63, 3.8) is 0 Å². The van der Waals surface area contributed by atoms with Crippen LogP contribution in [0, 0.1) is 11.8 Å². The largest absolute Gasteiger partial charge is 0.481 e. The van der Waals surface area contributed by atoms with E-state index < -0.39 is 27.9 Å². The van der Waals surface area contributed by atoms with Gasteiger partial charge in [-0.1, -0.05) is 31.0 Å². The monoisotopic (exact) mass is 534 g/mol. The van der Waals surface area contributed by atoms with Crippen LogP contribution in [0.5, 0.6) is 5.75 Å². The van der Waals surface area contributed by atoms with E-state index in [1.54, 1.807) is 41.9 Å². The summed E-state index contributed by atoms with van der Waals surface area (Å²) in [4.78, 5) is 31.5. The number of carbonyl (C=O) groups is 2. The normalized spacial score (nSPS) is 15.4. The summed E-state index contributed by atoms with van der Waals surface area (Å²) in [7, 11) is -4.26. The van der Waals surface area contributed by atoms with E-state index in [0.717, 1.165) is 4.31 Å². The number of para-hydroxylation sites is 1. The first-order valence-corrected chi connectivity index (χ1v) is 13.2. The van der Waals surface area contributed by atoms with E-state index >= 15 is 0 Å². The molecule has 1 unspecified atom stereocenters. The van der Waals surface area contributed by atoms with Gasteiger partial charge in [0.15, 0.2) is 0 Å². The Kier molecular flexibility index (Phi) is 8.38. The number of fused-ring (bicyclic) bond motifs is 1. The molecule has 11 heteroatoms. The molecule has 2 amide bonds. The summed E-state index contributed by atoms with van der Waals surface area (Å²) >= 11 is 0. The van der Waals surface area contributed by atoms with Crippen molar-refractivity contribution in [1.29, 1.82) is 0 Å². The number of carbonyl (C=O) groups excluding carboxylic acids is 2. The maximum atomic E-state index is 13.8. The number of aromatic nitrogens is 1. The van der Waals surface area contributed by atoms with Gasteiger partial charge < -0.3 is 9.64 Å². The number of nitrogens with one attached hydrogen (secondary N) is 1. The van der Waals surface area contributed by atoms with Crippen LogP contribution in [0.3, 0.4) is 0 Å². The van der Waals surface area contributed by atoms with Crippen molar-refractivity contribution in [3.8, 4) is 17.6 Å². The van der Waals surface area contributed by atoms with Gasteiger partial charge >= 0.3 is 0 Å². The van der Waals surface area contributed by atoms with Gasteiger partial charge in [0.25, 0.3) is 11.8 Å². The molecule has 2 N–H and O–H groups in total. The molecule has 2 heterocycles. The van der Waals surface area contributed by atoms with Gasteiger partial charge in [0.2, 0.25) is 10.0 Å². The Hall–Kier alpha value is -4.24. The van der Waals surface area contributed by atoms with Crippen LogP contribution in [0.4, 0.5) is 5.69 Å². The fourth-order valence-corrected chi connectivity index (χ4v) is 5.62. The Balaban J connectivity index is 1.72. The van der Waals surface area contributed by atoms with Crippen molar-refractivity contribution in [1.82, 2.24) is 14.8 Å². The Morgan fingerprint density at radius 2 is 1.87 bits per heavy atom. The van der Waals surface area contributed by atoms with Crippen molar-refractivity contribution >= 4 is 27.5 Å². The third-order valence-corrected chi connectivity index (χ3v) is 7.79. The fraction of sp³-hybridized carbons (Fsp3) is 0.222. The van der Waals surface area contributed by atoms with Crippen LogP contribution in [0.15, 0.2) is 78.0 Å². The van der Waals surface area contributed by atoms with E-state index in [-0.39, 0.29) is 30.2 Å². The van der Waals surface area contributed by atoms with Crippen LogP contribution in [0.2, 0.25) is 0 Å². The van der Waals surface area contributed by atoms with Crippen molar-refractivity contribution < 1.29 is 28.0 Å². The first-order chi connectivity index (χ1) is 18.4. The Morgan fingerprint density at radius 1 is 1.11 bits per heavy atom. The molecule has 0 spiro atoms. The summed E-state index contributed by atoms with van der Waals surface area (Å²) < 4.78 is 34.2. The molecule has 1 aromatic heterocycles. The third-order valence-electron chi connectivity index (χ3n) is 5.92. The predicted octanol–water partition coefficient (Wildman–Crippen LogP) is 2.60. The highest BCUT2D eigenvalue weighted by Gasteiger charge is 2.41. The molecule has 0 saturated heterocycles. The van der Waals surface area contributed by atoms with Gasteiger partial charge in [0, 0.05) is 31.0 Å². The van der Waals surface area contributed by atoms with E-state index in [1.807, 2.05) is 6.92 Å². The summed E-state index contributed by atoms with van der Waals surface area (Å²) in [5.74, 6) is 4.73. The summed E-state index contributed by atoms with van der Waals surface area (Å²) in [5, 5.41) is 9.49. The molecule has 4 rings (SSSR count). The molecule has 0 fully saturated rings. The molecular formula is C27H26N4O6S. The van der Waals surface area contributed by atoms with Crippen LogP contribution in [-0.2, 0) is 21.4 Å². The maximum absolute atomic E-state index is 13.8. The van der Waals surface area contributed by atoms with Gasteiger partial charge in [-0.05, 0) is 48.0 Å². The molecule has 0 bridgehead atoms. The number of anilines is 1.